The molecule has 11 nitrogen and oxygen atoms in total. The fourth-order valence-corrected chi connectivity index (χ4v) is 10.3. The van der Waals surface area contributed by atoms with Crippen LogP contribution in [0.2, 0.25) is 0 Å². The molecule has 0 saturated carbocycles. The Morgan fingerprint density at radius 1 is 1.16 bits per heavy atom. The maximum absolute atomic E-state index is 14.7. The first-order chi connectivity index (χ1) is 21.6. The number of Topliss-reactive ketones (excluding diaryl/α,β-unsaturated/α-hetero) is 2. The fraction of sp³-hybridized carbons (Fsp3) is 0.500. The van der Waals surface area contributed by atoms with Gasteiger partial charge in [-0.15, -0.1) is 0 Å². The van der Waals surface area contributed by atoms with E-state index in [4.69, 9.17) is 9.47 Å². The average molecular weight is 657 g/mol. The van der Waals surface area contributed by atoms with Crippen molar-refractivity contribution in [2.45, 2.75) is 68.2 Å². The van der Waals surface area contributed by atoms with Crippen molar-refractivity contribution >= 4 is 33.2 Å². The van der Waals surface area contributed by atoms with E-state index < -0.39 is 53.9 Å². The zero-order valence-corrected chi connectivity index (χ0v) is 26.2. The summed E-state index contributed by atoms with van der Waals surface area (Å²) in [6, 6.07) is 4.55. The van der Waals surface area contributed by atoms with Crippen LogP contribution in [-0.4, -0.2) is 91.6 Å². The summed E-state index contributed by atoms with van der Waals surface area (Å²) in [6.45, 7) is 1.65. The van der Waals surface area contributed by atoms with Crippen molar-refractivity contribution in [1.82, 2.24) is 10.6 Å². The van der Waals surface area contributed by atoms with Gasteiger partial charge in [-0.25, -0.2) is 0 Å². The van der Waals surface area contributed by atoms with E-state index in [1.807, 2.05) is 6.08 Å². The van der Waals surface area contributed by atoms with Gasteiger partial charge >= 0.3 is 0 Å². The molecule has 240 valence electrons. The summed E-state index contributed by atoms with van der Waals surface area (Å²) in [6.07, 6.45) is 0.704. The smallest absolute Gasteiger partial charge is 0.229 e. The number of carbonyl (C=O) groups is 2. The molecule has 13 heteroatoms. The number of nitrogens with one attached hydrogen (secondary N) is 2. The quantitative estimate of drug-likeness (QED) is 0.219. The van der Waals surface area contributed by atoms with Crippen LogP contribution in [0.5, 0.6) is 5.75 Å². The number of hydrogen-bond acceptors (Lipinski definition) is 13. The number of ketones is 2. The molecule has 7 N–H and O–H groups in total. The summed E-state index contributed by atoms with van der Waals surface area (Å²) in [5, 5.41) is 62.9. The summed E-state index contributed by atoms with van der Waals surface area (Å²) >= 11 is 0. The van der Waals surface area contributed by atoms with E-state index >= 15 is 0 Å². The minimum absolute atomic E-state index is 0.0173. The molecule has 8 bridgehead atoms. The number of allylic oxidation sites excluding steroid dienone is 6. The van der Waals surface area contributed by atoms with Gasteiger partial charge < -0.3 is 45.6 Å². The van der Waals surface area contributed by atoms with Gasteiger partial charge in [-0.3, -0.25) is 9.59 Å². The van der Waals surface area contributed by atoms with Crippen LogP contribution in [0.25, 0.3) is 0 Å². The van der Waals surface area contributed by atoms with Gasteiger partial charge in [0.15, 0.2) is 11.6 Å². The van der Waals surface area contributed by atoms with E-state index in [0.717, 1.165) is 29.8 Å². The summed E-state index contributed by atoms with van der Waals surface area (Å²) in [7, 11) is 2.97. The average Bonchev–Trinajstić information content (AvgIpc) is 3.03. The second-order valence-corrected chi connectivity index (χ2v) is 15.0. The van der Waals surface area contributed by atoms with Crippen LogP contribution in [-0.2, 0) is 4.74 Å². The molecule has 0 radical (unpaired) electrons. The van der Waals surface area contributed by atoms with Gasteiger partial charge in [0, 0.05) is 17.9 Å². The molecule has 0 amide bonds. The lowest BCUT2D eigenvalue weighted by atomic mass is 9.60. The molecule has 1 saturated heterocycles. The first-order valence-corrected chi connectivity index (χ1v) is 17.5. The number of rotatable bonds is 1. The minimum atomic E-state index is -2.14. The Labute approximate surface area is 267 Å². The number of carbonyl (C=O) groups excluding carboxylic acids is 2. The predicted molar refractivity (Wildman–Crippen MR) is 167 cm³/mol. The van der Waals surface area contributed by atoms with E-state index in [0.29, 0.717) is 18.5 Å². The van der Waals surface area contributed by atoms with Crippen molar-refractivity contribution in [3.8, 4) is 5.75 Å². The maximum atomic E-state index is 14.7. The van der Waals surface area contributed by atoms with Gasteiger partial charge in [-0.2, -0.15) is 0 Å². The van der Waals surface area contributed by atoms with E-state index in [9.17, 15) is 35.1 Å². The Morgan fingerprint density at radius 3 is 2.78 bits per heavy atom. The van der Waals surface area contributed by atoms with Gasteiger partial charge in [0.25, 0.3) is 0 Å². The number of aliphatic hydroxyl groups is 5. The van der Waals surface area contributed by atoms with Crippen molar-refractivity contribution in [3.63, 3.8) is 0 Å². The van der Waals surface area contributed by atoms with Crippen molar-refractivity contribution in [3.05, 3.63) is 75.9 Å². The monoisotopic (exact) mass is 656 g/mol. The molecule has 5 heterocycles. The van der Waals surface area contributed by atoms with Gasteiger partial charge in [-0.05, 0) is 55.9 Å². The summed E-state index contributed by atoms with van der Waals surface area (Å²) < 4.78 is 11.9. The molecule has 7 aliphatic rings. The number of aliphatic hydroxyl groups excluding tert-OH is 4. The van der Waals surface area contributed by atoms with E-state index in [1.54, 1.807) is 29.9 Å². The molecular weight excluding hydrogens is 620 g/mol. The third-order valence-corrected chi connectivity index (χ3v) is 12.7. The highest BCUT2D eigenvalue weighted by atomic mass is 33.1. The third-order valence-electron chi connectivity index (χ3n) is 9.90. The predicted octanol–water partition coefficient (Wildman–Crippen LogP) is 2.24. The highest BCUT2D eigenvalue weighted by Crippen LogP contribution is 2.53. The van der Waals surface area contributed by atoms with Crippen LogP contribution in [0.1, 0.15) is 53.3 Å². The molecule has 1 aromatic carbocycles. The van der Waals surface area contributed by atoms with E-state index in [2.05, 4.69) is 10.6 Å². The second kappa shape index (κ2) is 11.5. The number of hydrogen-bond donors (Lipinski definition) is 7. The molecule has 8 atom stereocenters. The molecule has 45 heavy (non-hydrogen) atoms. The van der Waals surface area contributed by atoms with E-state index in [1.165, 1.54) is 29.0 Å². The summed E-state index contributed by atoms with van der Waals surface area (Å²) in [4.78, 5) is 28.7. The van der Waals surface area contributed by atoms with Crippen LogP contribution in [0.3, 0.4) is 0 Å². The molecule has 1 spiro atoms. The first kappa shape index (κ1) is 30.9. The summed E-state index contributed by atoms with van der Waals surface area (Å²) in [5.41, 5.74) is -0.969. The molecule has 1 fully saturated rings. The van der Waals surface area contributed by atoms with Crippen LogP contribution >= 0.6 is 21.6 Å². The van der Waals surface area contributed by atoms with Gasteiger partial charge in [0.05, 0.1) is 23.5 Å². The first-order valence-electron chi connectivity index (χ1n) is 15.1. The SMILES string of the molecule is CC1=C[C@@H]2C(=O)c3cccc4c3C(=O)[C@]2(CSS[C@@H]2CCC3=C(NCC=C3CC[C@]3(O)[C@H](O)[C@@H](CO)O[C@@H](O4)[C@@H]3O)N2)C(O)=C1. The molecule has 1 aromatic rings. The van der Waals surface area contributed by atoms with Crippen LogP contribution in [0.15, 0.2) is 64.7 Å². The fourth-order valence-electron chi connectivity index (χ4n) is 7.38. The van der Waals surface area contributed by atoms with Crippen LogP contribution in [0, 0.1) is 11.3 Å². The zero-order valence-electron chi connectivity index (χ0n) is 24.6. The third kappa shape index (κ3) is 4.78. The van der Waals surface area contributed by atoms with Gasteiger partial charge in [-0.1, -0.05) is 51.4 Å². The van der Waals surface area contributed by atoms with Gasteiger partial charge in [0.2, 0.25) is 6.29 Å². The lowest BCUT2D eigenvalue weighted by Gasteiger charge is -2.48. The highest BCUT2D eigenvalue weighted by molar-refractivity contribution is 8.76. The number of ether oxygens (including phenoxy) is 2. The van der Waals surface area contributed by atoms with Crippen LogP contribution in [0.4, 0.5) is 0 Å². The number of benzene rings is 1. The molecule has 5 aliphatic heterocycles. The lowest BCUT2D eigenvalue weighted by Crippen LogP contribution is -2.68. The largest absolute Gasteiger partial charge is 0.511 e. The van der Waals surface area contributed by atoms with Crippen molar-refractivity contribution in [2.24, 2.45) is 11.3 Å². The second-order valence-electron chi connectivity index (χ2n) is 12.5. The Hall–Kier alpha value is -2.78. The molecular formula is C32H36N2O9S2. The summed E-state index contributed by atoms with van der Waals surface area (Å²) in [5.74, 6) is -1.09. The number of dihydropyridines is 1. The Morgan fingerprint density at radius 2 is 1.98 bits per heavy atom. The Kier molecular flexibility index (Phi) is 7.87. The topological polar surface area (TPSA) is 178 Å². The minimum Gasteiger partial charge on any atom is -0.511 e. The van der Waals surface area contributed by atoms with Crippen molar-refractivity contribution in [2.75, 3.05) is 18.9 Å². The maximum Gasteiger partial charge on any atom is 0.229 e. The van der Waals surface area contributed by atoms with E-state index in [-0.39, 0.29) is 46.0 Å². The zero-order chi connectivity index (χ0) is 31.7. The standard InChI is InChI=1S/C32H36N2O9S2/c1-15-11-19-25(37)18-3-2-4-20-24(18)27(39)31(19,22(36)12-15)14-44-45-23-6-5-17-16(8-10-33-29(17)34-23)7-9-32(41)26(38)21(13-35)43-30(42-20)28(32)40/h2-4,8,11-12,19,21,23,26,28,30,33-36,38,40-41H,5-7,9-10,13-14H2,1H3/t19-,21-,23-,26-,28+,30-,31+,32+/m1/s1. The van der Waals surface area contributed by atoms with Gasteiger partial charge in [0.1, 0.15) is 46.7 Å². The molecule has 0 unspecified atom stereocenters. The van der Waals surface area contributed by atoms with Crippen LogP contribution < -0.4 is 15.4 Å². The Balaban J connectivity index is 1.36. The Bertz CT molecular complexity index is 1570. The normalized spacial score (nSPS) is 37.9. The highest BCUT2D eigenvalue weighted by Gasteiger charge is 2.59. The molecule has 0 aromatic heterocycles. The molecule has 8 rings (SSSR count). The number of fused-ring (bicyclic) bond motifs is 4. The van der Waals surface area contributed by atoms with Crippen molar-refractivity contribution in [1.29, 1.82) is 0 Å². The molecule has 2 aliphatic carbocycles. The van der Waals surface area contributed by atoms with Crippen molar-refractivity contribution < 1.29 is 44.6 Å². The lowest BCUT2D eigenvalue weighted by molar-refractivity contribution is -0.315.